The molecule has 0 saturated heterocycles. The zero-order valence-corrected chi connectivity index (χ0v) is 15.5. The molecule has 1 unspecified atom stereocenters. The maximum absolute atomic E-state index is 13.3. The first-order valence-electron chi connectivity index (χ1n) is 8.80. The Morgan fingerprint density at radius 1 is 1.15 bits per heavy atom. The minimum atomic E-state index is -0.284. The Labute approximate surface area is 156 Å². The molecule has 1 N–H and O–H groups in total. The highest BCUT2D eigenvalue weighted by molar-refractivity contribution is 5.74. The van der Waals surface area contributed by atoms with Gasteiger partial charge in [-0.05, 0) is 44.8 Å². The van der Waals surface area contributed by atoms with Gasteiger partial charge in [-0.3, -0.25) is 0 Å². The highest BCUT2D eigenvalue weighted by atomic mass is 19.1. The lowest BCUT2D eigenvalue weighted by Crippen LogP contribution is -2.16. The Kier molecular flexibility index (Phi) is 4.45. The van der Waals surface area contributed by atoms with Crippen molar-refractivity contribution in [3.63, 3.8) is 0 Å². The quantitative estimate of drug-likeness (QED) is 0.587. The van der Waals surface area contributed by atoms with E-state index in [1.165, 1.54) is 17.7 Å². The van der Waals surface area contributed by atoms with Gasteiger partial charge in [0.15, 0.2) is 0 Å². The summed E-state index contributed by atoms with van der Waals surface area (Å²) in [6, 6.07) is 13.2. The molecular weight excluding hydrogens is 343 g/mol. The smallest absolute Gasteiger partial charge is 0.129 e. The number of aromatic amines is 1. The first kappa shape index (κ1) is 17.4. The average Bonchev–Trinajstić information content (AvgIpc) is 3.27. The van der Waals surface area contributed by atoms with Gasteiger partial charge in [-0.25, -0.2) is 14.1 Å². The van der Waals surface area contributed by atoms with Gasteiger partial charge in [0.05, 0.1) is 17.2 Å². The van der Waals surface area contributed by atoms with E-state index < -0.39 is 0 Å². The van der Waals surface area contributed by atoms with Gasteiger partial charge in [-0.2, -0.15) is 0 Å². The lowest BCUT2D eigenvalue weighted by Gasteiger charge is -2.20. The van der Waals surface area contributed by atoms with Crippen molar-refractivity contribution in [2.75, 3.05) is 14.1 Å². The monoisotopic (exact) mass is 364 g/mol. The summed E-state index contributed by atoms with van der Waals surface area (Å²) in [5.74, 6) is 0.426. The van der Waals surface area contributed by atoms with Gasteiger partial charge >= 0.3 is 0 Å². The van der Waals surface area contributed by atoms with Gasteiger partial charge in [-0.1, -0.05) is 29.5 Å². The molecule has 6 nitrogen and oxygen atoms in total. The van der Waals surface area contributed by atoms with Crippen LogP contribution in [0.15, 0.2) is 48.7 Å². The number of halogens is 1. The van der Waals surface area contributed by atoms with Crippen LogP contribution in [0.25, 0.3) is 22.3 Å². The summed E-state index contributed by atoms with van der Waals surface area (Å²) in [6.45, 7) is 2.61. The Balaban J connectivity index is 1.52. The zero-order chi connectivity index (χ0) is 19.0. The minimum absolute atomic E-state index is 0.284. The van der Waals surface area contributed by atoms with Gasteiger partial charge < -0.3 is 9.88 Å². The van der Waals surface area contributed by atoms with Crippen LogP contribution in [0.4, 0.5) is 4.39 Å². The first-order valence-corrected chi connectivity index (χ1v) is 8.80. The molecule has 4 rings (SSSR count). The number of nitrogens with zero attached hydrogens (tertiary/aromatic N) is 5. The topological polar surface area (TPSA) is 62.6 Å². The third-order valence-electron chi connectivity index (χ3n) is 4.81. The summed E-state index contributed by atoms with van der Waals surface area (Å²) < 4.78 is 15.0. The molecule has 2 heterocycles. The van der Waals surface area contributed by atoms with Crippen molar-refractivity contribution in [1.29, 1.82) is 0 Å². The van der Waals surface area contributed by atoms with Crippen molar-refractivity contribution < 1.29 is 4.39 Å². The summed E-state index contributed by atoms with van der Waals surface area (Å²) >= 11 is 0. The molecule has 0 aliphatic heterocycles. The number of nitrogens with one attached hydrogen (secondary N) is 1. The normalized spacial score (nSPS) is 12.8. The predicted molar refractivity (Wildman–Crippen MR) is 103 cm³/mol. The molecule has 4 aromatic rings. The van der Waals surface area contributed by atoms with Crippen LogP contribution in [0.5, 0.6) is 0 Å². The molecular formula is C20H21FN6. The van der Waals surface area contributed by atoms with Crippen LogP contribution in [0, 0.1) is 5.82 Å². The fourth-order valence-corrected chi connectivity index (χ4v) is 3.00. The molecule has 0 aliphatic rings. The summed E-state index contributed by atoms with van der Waals surface area (Å²) in [4.78, 5) is 9.75. The van der Waals surface area contributed by atoms with Crippen LogP contribution in [-0.4, -0.2) is 44.0 Å². The Morgan fingerprint density at radius 2 is 1.93 bits per heavy atom. The maximum atomic E-state index is 13.3. The average molecular weight is 364 g/mol. The largest absolute Gasteiger partial charge is 0.340 e. The van der Waals surface area contributed by atoms with E-state index in [-0.39, 0.29) is 5.82 Å². The fraction of sp³-hybridized carbons (Fsp3) is 0.250. The van der Waals surface area contributed by atoms with Gasteiger partial charge in [0.1, 0.15) is 23.9 Å². The summed E-state index contributed by atoms with van der Waals surface area (Å²) in [7, 11) is 4.13. The molecule has 138 valence electrons. The number of H-pyrrole nitrogens is 1. The van der Waals surface area contributed by atoms with E-state index in [1.54, 1.807) is 10.7 Å². The lowest BCUT2D eigenvalue weighted by molar-refractivity contribution is 0.321. The number of imidazole rings is 1. The summed E-state index contributed by atoms with van der Waals surface area (Å²) in [5.41, 5.74) is 4.49. The summed E-state index contributed by atoms with van der Waals surface area (Å²) in [6.07, 6.45) is 1.89. The highest BCUT2D eigenvalue weighted by Gasteiger charge is 2.10. The molecule has 2 aromatic heterocycles. The number of benzene rings is 2. The van der Waals surface area contributed by atoms with E-state index in [0.29, 0.717) is 23.9 Å². The summed E-state index contributed by atoms with van der Waals surface area (Å²) in [5, 5.41) is 8.45. The standard InChI is InChI=1S/C20H21FN6/c1-13(26(2)3)14-4-6-15(7-5-14)19-11-27(25-24-19)12-20-22-17-9-8-16(21)10-18(17)23-20/h4-11,13H,12H2,1-3H3,(H,22,23). The second-order valence-corrected chi connectivity index (χ2v) is 6.91. The van der Waals surface area contributed by atoms with Crippen molar-refractivity contribution >= 4 is 11.0 Å². The highest BCUT2D eigenvalue weighted by Crippen LogP contribution is 2.22. The van der Waals surface area contributed by atoms with Gasteiger partial charge in [-0.15, -0.1) is 5.10 Å². The van der Waals surface area contributed by atoms with Crippen LogP contribution >= 0.6 is 0 Å². The molecule has 0 amide bonds. The predicted octanol–water partition coefficient (Wildman–Crippen LogP) is 3.63. The Hall–Kier alpha value is -3.06. The molecule has 0 fully saturated rings. The van der Waals surface area contributed by atoms with Crippen LogP contribution in [0.3, 0.4) is 0 Å². The Morgan fingerprint density at radius 3 is 2.67 bits per heavy atom. The molecule has 27 heavy (non-hydrogen) atoms. The maximum Gasteiger partial charge on any atom is 0.129 e. The van der Waals surface area contributed by atoms with Crippen LogP contribution in [0.2, 0.25) is 0 Å². The molecule has 0 bridgehead atoms. The minimum Gasteiger partial charge on any atom is -0.340 e. The van der Waals surface area contributed by atoms with Gasteiger partial charge in [0.2, 0.25) is 0 Å². The molecule has 0 aliphatic carbocycles. The van der Waals surface area contributed by atoms with Crippen molar-refractivity contribution in [1.82, 2.24) is 29.9 Å². The van der Waals surface area contributed by atoms with Crippen LogP contribution in [-0.2, 0) is 6.54 Å². The molecule has 2 aromatic carbocycles. The SMILES string of the molecule is CC(c1ccc(-c2cn(Cc3nc4ccc(F)cc4[nH]3)nn2)cc1)N(C)C. The first-order chi connectivity index (χ1) is 13.0. The van der Waals surface area contributed by atoms with Gasteiger partial charge in [0, 0.05) is 11.6 Å². The van der Waals surface area contributed by atoms with E-state index in [4.69, 9.17) is 0 Å². The molecule has 0 spiro atoms. The van der Waals surface area contributed by atoms with Crippen molar-refractivity contribution in [2.24, 2.45) is 0 Å². The van der Waals surface area contributed by atoms with Crippen LogP contribution < -0.4 is 0 Å². The Bertz CT molecular complexity index is 1060. The van der Waals surface area contributed by atoms with Crippen molar-refractivity contribution in [3.05, 3.63) is 65.9 Å². The lowest BCUT2D eigenvalue weighted by atomic mass is 10.0. The third kappa shape index (κ3) is 3.59. The second kappa shape index (κ2) is 6.92. The van der Waals surface area contributed by atoms with E-state index >= 15 is 0 Å². The van der Waals surface area contributed by atoms with E-state index in [1.807, 2.05) is 6.20 Å². The fourth-order valence-electron chi connectivity index (χ4n) is 3.00. The zero-order valence-electron chi connectivity index (χ0n) is 15.5. The number of aromatic nitrogens is 5. The number of fused-ring (bicyclic) bond motifs is 1. The number of rotatable bonds is 5. The second-order valence-electron chi connectivity index (χ2n) is 6.91. The van der Waals surface area contributed by atoms with E-state index in [9.17, 15) is 4.39 Å². The van der Waals surface area contributed by atoms with E-state index in [2.05, 4.69) is 70.5 Å². The number of hydrogen-bond donors (Lipinski definition) is 1. The third-order valence-corrected chi connectivity index (χ3v) is 4.81. The van der Waals surface area contributed by atoms with Crippen LogP contribution in [0.1, 0.15) is 24.4 Å². The van der Waals surface area contributed by atoms with E-state index in [0.717, 1.165) is 16.8 Å². The van der Waals surface area contributed by atoms with Crippen molar-refractivity contribution in [3.8, 4) is 11.3 Å². The molecule has 1 atom stereocenters. The van der Waals surface area contributed by atoms with Gasteiger partial charge in [0.25, 0.3) is 0 Å². The number of hydrogen-bond acceptors (Lipinski definition) is 4. The van der Waals surface area contributed by atoms with Crippen molar-refractivity contribution in [2.45, 2.75) is 19.5 Å². The molecule has 7 heteroatoms. The molecule has 0 saturated carbocycles. The molecule has 0 radical (unpaired) electrons.